The molecular weight excluding hydrogens is 274 g/mol. The smallest absolute Gasteiger partial charge is 0.304 e. The third-order valence-electron chi connectivity index (χ3n) is 3.96. The van der Waals surface area contributed by atoms with Crippen LogP contribution in [-0.4, -0.2) is 35.1 Å². The minimum atomic E-state index is -0.685. The van der Waals surface area contributed by atoms with Gasteiger partial charge in [0.05, 0.1) is 6.42 Å². The van der Waals surface area contributed by atoms with Crippen molar-refractivity contribution in [3.8, 4) is 0 Å². The van der Waals surface area contributed by atoms with Gasteiger partial charge in [0.25, 0.3) is 0 Å². The summed E-state index contributed by atoms with van der Waals surface area (Å²) < 4.78 is 0. The molecule has 2 rings (SSSR count). The lowest BCUT2D eigenvalue weighted by molar-refractivity contribution is -0.137. The van der Waals surface area contributed by atoms with Crippen LogP contribution in [0, 0.1) is 0 Å². The molecule has 1 aromatic carbocycles. The van der Waals surface area contributed by atoms with Crippen molar-refractivity contribution in [2.45, 2.75) is 44.6 Å². The molecule has 1 saturated heterocycles. The maximum Gasteiger partial charge on any atom is 0.304 e. The van der Waals surface area contributed by atoms with E-state index in [2.05, 4.69) is 29.2 Å². The van der Waals surface area contributed by atoms with E-state index in [0.717, 1.165) is 13.0 Å². The SMILES string of the molecule is Cl.O=C(O)CCN1CCCC1CCCc1ccccc1. The molecule has 4 heteroatoms. The highest BCUT2D eigenvalue weighted by Gasteiger charge is 2.23. The van der Waals surface area contributed by atoms with Crippen LogP contribution >= 0.6 is 12.4 Å². The number of aliphatic carboxylic acids is 1. The molecule has 1 aliphatic rings. The number of halogens is 1. The molecule has 1 unspecified atom stereocenters. The fraction of sp³-hybridized carbons (Fsp3) is 0.562. The van der Waals surface area contributed by atoms with Crippen LogP contribution in [0.1, 0.15) is 37.7 Å². The first-order valence-corrected chi connectivity index (χ1v) is 7.25. The van der Waals surface area contributed by atoms with E-state index in [-0.39, 0.29) is 18.8 Å². The van der Waals surface area contributed by atoms with E-state index in [1.807, 2.05) is 6.07 Å². The third kappa shape index (κ3) is 5.51. The Morgan fingerprint density at radius 2 is 2.05 bits per heavy atom. The fourth-order valence-corrected chi connectivity index (χ4v) is 2.94. The van der Waals surface area contributed by atoms with Crippen LogP contribution in [0.5, 0.6) is 0 Å². The highest BCUT2D eigenvalue weighted by atomic mass is 35.5. The van der Waals surface area contributed by atoms with Gasteiger partial charge in [-0.1, -0.05) is 30.3 Å². The standard InChI is InChI=1S/C16H23NO2.ClH/c18-16(19)11-13-17-12-5-10-15(17)9-4-8-14-6-2-1-3-7-14;/h1-3,6-7,15H,4-5,8-13H2,(H,18,19);1H. The van der Waals surface area contributed by atoms with Crippen LogP contribution in [0.25, 0.3) is 0 Å². The number of hydrogen-bond acceptors (Lipinski definition) is 2. The zero-order valence-corrected chi connectivity index (χ0v) is 12.6. The van der Waals surface area contributed by atoms with Gasteiger partial charge in [-0.15, -0.1) is 12.4 Å². The molecule has 0 aromatic heterocycles. The summed E-state index contributed by atoms with van der Waals surface area (Å²) in [6.45, 7) is 1.79. The molecule has 0 saturated carbocycles. The van der Waals surface area contributed by atoms with E-state index in [1.54, 1.807) is 0 Å². The van der Waals surface area contributed by atoms with Gasteiger partial charge in [-0.2, -0.15) is 0 Å². The zero-order valence-electron chi connectivity index (χ0n) is 11.8. The summed E-state index contributed by atoms with van der Waals surface area (Å²) in [5.74, 6) is -0.685. The third-order valence-corrected chi connectivity index (χ3v) is 3.96. The molecule has 1 N–H and O–H groups in total. The van der Waals surface area contributed by atoms with Crippen molar-refractivity contribution in [2.75, 3.05) is 13.1 Å². The van der Waals surface area contributed by atoms with Crippen molar-refractivity contribution < 1.29 is 9.90 Å². The summed E-state index contributed by atoms with van der Waals surface area (Å²) in [6.07, 6.45) is 6.23. The summed E-state index contributed by atoms with van der Waals surface area (Å²) >= 11 is 0. The van der Waals surface area contributed by atoms with Crippen molar-refractivity contribution in [1.82, 2.24) is 4.90 Å². The van der Waals surface area contributed by atoms with E-state index in [4.69, 9.17) is 5.11 Å². The molecule has 0 spiro atoms. The predicted octanol–water partition coefficient (Wildman–Crippen LogP) is 3.37. The average molecular weight is 298 g/mol. The summed E-state index contributed by atoms with van der Waals surface area (Å²) in [6, 6.07) is 11.2. The van der Waals surface area contributed by atoms with E-state index >= 15 is 0 Å². The van der Waals surface area contributed by atoms with Gasteiger partial charge in [-0.05, 0) is 44.2 Å². The number of benzene rings is 1. The first kappa shape index (κ1) is 17.0. The summed E-state index contributed by atoms with van der Waals surface area (Å²) in [7, 11) is 0. The normalized spacial score (nSPS) is 18.7. The molecule has 0 amide bonds. The van der Waals surface area contributed by atoms with E-state index in [0.29, 0.717) is 12.6 Å². The van der Waals surface area contributed by atoms with E-state index < -0.39 is 5.97 Å². The molecule has 0 aliphatic carbocycles. The largest absolute Gasteiger partial charge is 0.481 e. The Morgan fingerprint density at radius 3 is 2.75 bits per heavy atom. The Kier molecular flexibility index (Phi) is 7.63. The highest BCUT2D eigenvalue weighted by Crippen LogP contribution is 2.22. The molecular formula is C16H24ClNO2. The van der Waals surface area contributed by atoms with Gasteiger partial charge in [-0.25, -0.2) is 0 Å². The number of carbonyl (C=O) groups is 1. The maximum absolute atomic E-state index is 10.6. The van der Waals surface area contributed by atoms with Gasteiger partial charge in [0.2, 0.25) is 0 Å². The fourth-order valence-electron chi connectivity index (χ4n) is 2.94. The Hall–Kier alpha value is -1.06. The van der Waals surface area contributed by atoms with Crippen molar-refractivity contribution in [3.63, 3.8) is 0 Å². The average Bonchev–Trinajstić information content (AvgIpc) is 2.85. The molecule has 1 atom stereocenters. The van der Waals surface area contributed by atoms with Crippen molar-refractivity contribution in [2.24, 2.45) is 0 Å². The monoisotopic (exact) mass is 297 g/mol. The lowest BCUT2D eigenvalue weighted by atomic mass is 10.0. The van der Waals surface area contributed by atoms with Crippen LogP contribution in [0.4, 0.5) is 0 Å². The Labute approximate surface area is 127 Å². The molecule has 1 fully saturated rings. The molecule has 3 nitrogen and oxygen atoms in total. The molecule has 0 bridgehead atoms. The minimum Gasteiger partial charge on any atom is -0.481 e. The van der Waals surface area contributed by atoms with Crippen LogP contribution in [0.3, 0.4) is 0 Å². The van der Waals surface area contributed by atoms with Gasteiger partial charge in [-0.3, -0.25) is 9.69 Å². The zero-order chi connectivity index (χ0) is 13.5. The number of hydrogen-bond donors (Lipinski definition) is 1. The summed E-state index contributed by atoms with van der Waals surface area (Å²) in [4.78, 5) is 13.0. The second-order valence-electron chi connectivity index (χ2n) is 5.35. The topological polar surface area (TPSA) is 40.5 Å². The van der Waals surface area contributed by atoms with Crippen molar-refractivity contribution in [1.29, 1.82) is 0 Å². The number of carboxylic acid groups (broad SMARTS) is 1. The Bertz CT molecular complexity index is 397. The van der Waals surface area contributed by atoms with Gasteiger partial charge in [0, 0.05) is 12.6 Å². The number of nitrogens with zero attached hydrogens (tertiary/aromatic N) is 1. The number of carboxylic acids is 1. The van der Waals surface area contributed by atoms with Crippen LogP contribution in [-0.2, 0) is 11.2 Å². The summed E-state index contributed by atoms with van der Waals surface area (Å²) in [5, 5.41) is 8.76. The van der Waals surface area contributed by atoms with E-state index in [1.165, 1.54) is 31.2 Å². The molecule has 1 aromatic rings. The van der Waals surface area contributed by atoms with Gasteiger partial charge in [0.1, 0.15) is 0 Å². The maximum atomic E-state index is 10.6. The summed E-state index contributed by atoms with van der Waals surface area (Å²) in [5.41, 5.74) is 1.40. The van der Waals surface area contributed by atoms with Crippen LogP contribution in [0.2, 0.25) is 0 Å². The molecule has 1 heterocycles. The molecule has 112 valence electrons. The second kappa shape index (κ2) is 8.98. The highest BCUT2D eigenvalue weighted by molar-refractivity contribution is 5.85. The lowest BCUT2D eigenvalue weighted by Crippen LogP contribution is -2.31. The lowest BCUT2D eigenvalue weighted by Gasteiger charge is -2.23. The second-order valence-corrected chi connectivity index (χ2v) is 5.35. The Balaban J connectivity index is 0.00000200. The minimum absolute atomic E-state index is 0. The Morgan fingerprint density at radius 1 is 1.30 bits per heavy atom. The van der Waals surface area contributed by atoms with Crippen molar-refractivity contribution >= 4 is 18.4 Å². The first-order chi connectivity index (χ1) is 9.25. The molecule has 1 aliphatic heterocycles. The van der Waals surface area contributed by atoms with Crippen LogP contribution < -0.4 is 0 Å². The van der Waals surface area contributed by atoms with Crippen molar-refractivity contribution in [3.05, 3.63) is 35.9 Å². The quantitative estimate of drug-likeness (QED) is 0.839. The first-order valence-electron chi connectivity index (χ1n) is 7.25. The van der Waals surface area contributed by atoms with Crippen LogP contribution in [0.15, 0.2) is 30.3 Å². The van der Waals surface area contributed by atoms with Gasteiger partial charge in [0.15, 0.2) is 0 Å². The number of likely N-dealkylation sites (tertiary alicyclic amines) is 1. The predicted molar refractivity (Wildman–Crippen MR) is 83.5 cm³/mol. The van der Waals surface area contributed by atoms with Gasteiger partial charge >= 0.3 is 5.97 Å². The number of aryl methyl sites for hydroxylation is 1. The van der Waals surface area contributed by atoms with Gasteiger partial charge < -0.3 is 5.11 Å². The number of rotatable bonds is 7. The molecule has 20 heavy (non-hydrogen) atoms. The molecule has 0 radical (unpaired) electrons. The van der Waals surface area contributed by atoms with E-state index in [9.17, 15) is 4.79 Å².